The summed E-state index contributed by atoms with van der Waals surface area (Å²) in [5.41, 5.74) is -0.113. The van der Waals surface area contributed by atoms with Gasteiger partial charge in [0.25, 0.3) is 0 Å². The standard InChI is InChI=1S/C15H19NO5/c1-15(2,3)21-14(19)16-12(9-17)10-7-5-6-8-11(10)13(18)20-4/h5-9,12H,1-4H3,(H,16,19). The fourth-order valence-electron chi connectivity index (χ4n) is 1.68. The van der Waals surface area contributed by atoms with Gasteiger partial charge >= 0.3 is 12.1 Å². The molecule has 0 bridgehead atoms. The minimum Gasteiger partial charge on any atom is -0.465 e. The minimum atomic E-state index is -0.991. The number of methoxy groups -OCH3 is 1. The molecule has 21 heavy (non-hydrogen) atoms. The van der Waals surface area contributed by atoms with E-state index < -0.39 is 23.7 Å². The Kier molecular flexibility index (Phi) is 5.46. The largest absolute Gasteiger partial charge is 0.465 e. The van der Waals surface area contributed by atoms with E-state index in [0.29, 0.717) is 11.8 Å². The van der Waals surface area contributed by atoms with Crippen LogP contribution in [0.15, 0.2) is 24.3 Å². The number of carbonyl (C=O) groups excluding carboxylic acids is 3. The molecule has 0 aromatic heterocycles. The second kappa shape index (κ2) is 6.88. The molecule has 1 atom stereocenters. The summed E-state index contributed by atoms with van der Waals surface area (Å²) in [5, 5.41) is 2.42. The quantitative estimate of drug-likeness (QED) is 0.680. The normalized spacial score (nSPS) is 12.2. The Balaban J connectivity index is 2.98. The number of aldehydes is 1. The Morgan fingerprint density at radius 3 is 2.38 bits per heavy atom. The lowest BCUT2D eigenvalue weighted by molar-refractivity contribution is -0.109. The van der Waals surface area contributed by atoms with E-state index in [1.165, 1.54) is 13.2 Å². The van der Waals surface area contributed by atoms with Crippen LogP contribution in [0.3, 0.4) is 0 Å². The predicted molar refractivity (Wildman–Crippen MR) is 76.0 cm³/mol. The van der Waals surface area contributed by atoms with Crippen LogP contribution in [-0.2, 0) is 14.3 Å². The van der Waals surface area contributed by atoms with Crippen molar-refractivity contribution in [3.8, 4) is 0 Å². The van der Waals surface area contributed by atoms with Crippen LogP contribution in [0.5, 0.6) is 0 Å². The van der Waals surface area contributed by atoms with Crippen LogP contribution in [0.25, 0.3) is 0 Å². The van der Waals surface area contributed by atoms with Crippen molar-refractivity contribution in [1.82, 2.24) is 5.32 Å². The Labute approximate surface area is 123 Å². The van der Waals surface area contributed by atoms with Crippen LogP contribution in [0.4, 0.5) is 4.79 Å². The number of carbonyl (C=O) groups is 3. The molecule has 0 aliphatic rings. The number of amides is 1. The van der Waals surface area contributed by atoms with E-state index in [1.807, 2.05) is 0 Å². The van der Waals surface area contributed by atoms with Gasteiger partial charge in [0.05, 0.1) is 12.7 Å². The Morgan fingerprint density at radius 2 is 1.86 bits per heavy atom. The molecule has 0 saturated carbocycles. The van der Waals surface area contributed by atoms with Crippen molar-refractivity contribution in [2.75, 3.05) is 7.11 Å². The zero-order valence-corrected chi connectivity index (χ0v) is 12.5. The lowest BCUT2D eigenvalue weighted by Gasteiger charge is -2.22. The monoisotopic (exact) mass is 293 g/mol. The van der Waals surface area contributed by atoms with Crippen LogP contribution in [0, 0.1) is 0 Å². The molecule has 0 saturated heterocycles. The van der Waals surface area contributed by atoms with Gasteiger partial charge in [0.15, 0.2) is 0 Å². The van der Waals surface area contributed by atoms with Crippen LogP contribution in [0.2, 0.25) is 0 Å². The summed E-state index contributed by atoms with van der Waals surface area (Å²) < 4.78 is 9.75. The van der Waals surface area contributed by atoms with E-state index in [9.17, 15) is 14.4 Å². The second-order valence-electron chi connectivity index (χ2n) is 5.34. The summed E-state index contributed by atoms with van der Waals surface area (Å²) in [6.07, 6.45) is -0.203. The molecule has 1 aromatic rings. The Morgan fingerprint density at radius 1 is 1.24 bits per heavy atom. The highest BCUT2D eigenvalue weighted by Crippen LogP contribution is 2.18. The van der Waals surface area contributed by atoms with Crippen molar-refractivity contribution in [3.63, 3.8) is 0 Å². The molecule has 1 aromatic carbocycles. The summed E-state index contributed by atoms with van der Waals surface area (Å²) >= 11 is 0. The molecule has 6 nitrogen and oxygen atoms in total. The van der Waals surface area contributed by atoms with E-state index in [1.54, 1.807) is 39.0 Å². The third-order valence-corrected chi connectivity index (χ3v) is 2.51. The Hall–Kier alpha value is -2.37. The molecular weight excluding hydrogens is 274 g/mol. The first-order valence-electron chi connectivity index (χ1n) is 6.40. The minimum absolute atomic E-state index is 0.216. The van der Waals surface area contributed by atoms with E-state index in [0.717, 1.165) is 0 Å². The van der Waals surface area contributed by atoms with Crippen molar-refractivity contribution in [1.29, 1.82) is 0 Å². The van der Waals surface area contributed by atoms with E-state index in [2.05, 4.69) is 10.1 Å². The predicted octanol–water partition coefficient (Wildman–Crippen LogP) is 2.24. The number of esters is 1. The molecular formula is C15H19NO5. The fourth-order valence-corrected chi connectivity index (χ4v) is 1.68. The summed E-state index contributed by atoms with van der Waals surface area (Å²) in [4.78, 5) is 34.7. The number of rotatable bonds is 4. The number of alkyl carbamates (subject to hydrolysis) is 1. The molecule has 1 unspecified atom stereocenters. The lowest BCUT2D eigenvalue weighted by Crippen LogP contribution is -2.36. The van der Waals surface area contributed by atoms with Gasteiger partial charge in [-0.3, -0.25) is 0 Å². The maximum absolute atomic E-state index is 11.7. The molecule has 1 rings (SSSR count). The summed E-state index contributed by atoms with van der Waals surface area (Å²) in [5.74, 6) is -0.580. The number of nitrogens with one attached hydrogen (secondary N) is 1. The number of hydrogen-bond donors (Lipinski definition) is 1. The average molecular weight is 293 g/mol. The van der Waals surface area contributed by atoms with Crippen LogP contribution >= 0.6 is 0 Å². The smallest absolute Gasteiger partial charge is 0.408 e. The molecule has 6 heteroatoms. The highest BCUT2D eigenvalue weighted by atomic mass is 16.6. The van der Waals surface area contributed by atoms with E-state index in [-0.39, 0.29) is 5.56 Å². The Bertz CT molecular complexity index is 533. The third-order valence-electron chi connectivity index (χ3n) is 2.51. The zero-order valence-electron chi connectivity index (χ0n) is 12.5. The fraction of sp³-hybridized carbons (Fsp3) is 0.400. The molecule has 114 valence electrons. The second-order valence-corrected chi connectivity index (χ2v) is 5.34. The van der Waals surface area contributed by atoms with E-state index >= 15 is 0 Å². The summed E-state index contributed by atoms with van der Waals surface area (Å²) in [6.45, 7) is 5.14. The molecule has 0 fully saturated rings. The number of benzene rings is 1. The van der Waals surface area contributed by atoms with Gasteiger partial charge in [-0.15, -0.1) is 0 Å². The maximum Gasteiger partial charge on any atom is 0.408 e. The van der Waals surface area contributed by atoms with Crippen molar-refractivity contribution >= 4 is 18.3 Å². The molecule has 1 amide bonds. The van der Waals surface area contributed by atoms with Gasteiger partial charge in [0, 0.05) is 0 Å². The number of hydrogen-bond acceptors (Lipinski definition) is 5. The van der Waals surface area contributed by atoms with Gasteiger partial charge in [-0.05, 0) is 32.4 Å². The molecule has 0 heterocycles. The third kappa shape index (κ3) is 4.91. The SMILES string of the molecule is COC(=O)c1ccccc1C(C=O)NC(=O)OC(C)(C)C. The molecule has 0 aliphatic heterocycles. The molecule has 1 N–H and O–H groups in total. The van der Waals surface area contributed by atoms with Gasteiger partial charge in [-0.25, -0.2) is 9.59 Å². The van der Waals surface area contributed by atoms with Crippen LogP contribution in [-0.4, -0.2) is 31.1 Å². The highest BCUT2D eigenvalue weighted by molar-refractivity contribution is 5.92. The van der Waals surface area contributed by atoms with Gasteiger partial charge < -0.3 is 19.6 Å². The topological polar surface area (TPSA) is 81.7 Å². The first kappa shape index (κ1) is 16.7. The van der Waals surface area contributed by atoms with Gasteiger partial charge in [0.2, 0.25) is 0 Å². The van der Waals surface area contributed by atoms with Crippen LogP contribution < -0.4 is 5.32 Å². The van der Waals surface area contributed by atoms with Gasteiger partial charge in [-0.2, -0.15) is 0 Å². The lowest BCUT2D eigenvalue weighted by atomic mass is 10.0. The highest BCUT2D eigenvalue weighted by Gasteiger charge is 2.23. The average Bonchev–Trinajstić information content (AvgIpc) is 2.42. The van der Waals surface area contributed by atoms with Crippen molar-refractivity contribution < 1.29 is 23.9 Å². The summed E-state index contributed by atoms with van der Waals surface area (Å²) in [7, 11) is 1.25. The van der Waals surface area contributed by atoms with Gasteiger partial charge in [0.1, 0.15) is 17.9 Å². The number of ether oxygens (including phenoxy) is 2. The van der Waals surface area contributed by atoms with Crippen molar-refractivity contribution in [2.24, 2.45) is 0 Å². The molecule has 0 aliphatic carbocycles. The maximum atomic E-state index is 11.7. The van der Waals surface area contributed by atoms with Crippen LogP contribution in [0.1, 0.15) is 42.7 Å². The summed E-state index contributed by atoms with van der Waals surface area (Å²) in [6, 6.07) is 5.41. The van der Waals surface area contributed by atoms with Crippen molar-refractivity contribution in [2.45, 2.75) is 32.4 Å². The molecule has 0 spiro atoms. The first-order chi connectivity index (χ1) is 9.78. The zero-order chi connectivity index (χ0) is 16.0. The van der Waals surface area contributed by atoms with E-state index in [4.69, 9.17) is 4.74 Å². The van der Waals surface area contributed by atoms with Gasteiger partial charge in [-0.1, -0.05) is 18.2 Å². The molecule has 0 radical (unpaired) electrons. The first-order valence-corrected chi connectivity index (χ1v) is 6.40. The van der Waals surface area contributed by atoms with Crippen molar-refractivity contribution in [3.05, 3.63) is 35.4 Å².